The minimum atomic E-state index is -2.71. The third-order valence-corrected chi connectivity index (χ3v) is 4.11. The number of ether oxygens (including phenoxy) is 1. The van der Waals surface area contributed by atoms with Crippen LogP contribution >= 0.6 is 11.3 Å². The molecule has 1 N–H and O–H groups in total. The molecule has 5 nitrogen and oxygen atoms in total. The van der Waals surface area contributed by atoms with E-state index in [4.69, 9.17) is 4.74 Å². The van der Waals surface area contributed by atoms with Crippen molar-refractivity contribution in [3.8, 4) is 5.75 Å². The molecule has 8 heteroatoms. The van der Waals surface area contributed by atoms with Crippen LogP contribution in [0.4, 0.5) is 13.9 Å². The SMILES string of the molecule is CC(Oc1ccc(C(C)(C)C)cc1)C(=O)Nc1nnc(C(F)F)s1. The molecule has 130 valence electrons. The molecule has 24 heavy (non-hydrogen) atoms. The van der Waals surface area contributed by atoms with Crippen LogP contribution in [0.5, 0.6) is 5.75 Å². The third-order valence-electron chi connectivity index (χ3n) is 3.26. The predicted molar refractivity (Wildman–Crippen MR) is 88.7 cm³/mol. The Hall–Kier alpha value is -2.09. The summed E-state index contributed by atoms with van der Waals surface area (Å²) in [6, 6.07) is 7.48. The number of rotatable bonds is 5. The van der Waals surface area contributed by atoms with Gasteiger partial charge in [0, 0.05) is 0 Å². The molecule has 0 aliphatic carbocycles. The van der Waals surface area contributed by atoms with Gasteiger partial charge < -0.3 is 4.74 Å². The van der Waals surface area contributed by atoms with Gasteiger partial charge in [0.2, 0.25) is 5.13 Å². The predicted octanol–water partition coefficient (Wildman–Crippen LogP) is 4.18. The fraction of sp³-hybridized carbons (Fsp3) is 0.438. The molecule has 0 spiro atoms. The molecular weight excluding hydrogens is 336 g/mol. The molecule has 2 aromatic rings. The van der Waals surface area contributed by atoms with Crippen LogP contribution in [0, 0.1) is 0 Å². The Morgan fingerprint density at radius 3 is 2.33 bits per heavy atom. The molecular formula is C16H19F2N3O2S. The van der Waals surface area contributed by atoms with Crippen molar-refractivity contribution in [2.75, 3.05) is 5.32 Å². The number of halogens is 2. The molecule has 2 rings (SSSR count). The lowest BCUT2D eigenvalue weighted by Crippen LogP contribution is -2.30. The van der Waals surface area contributed by atoms with Crippen molar-refractivity contribution in [1.82, 2.24) is 10.2 Å². The molecule has 1 unspecified atom stereocenters. The summed E-state index contributed by atoms with van der Waals surface area (Å²) in [7, 11) is 0. The Bertz CT molecular complexity index is 696. The van der Waals surface area contributed by atoms with Crippen LogP contribution in [0.1, 0.15) is 44.7 Å². The molecule has 0 saturated heterocycles. The van der Waals surface area contributed by atoms with E-state index in [1.54, 1.807) is 19.1 Å². The minimum Gasteiger partial charge on any atom is -0.481 e. The zero-order chi connectivity index (χ0) is 17.9. The smallest absolute Gasteiger partial charge is 0.291 e. The van der Waals surface area contributed by atoms with Gasteiger partial charge in [-0.2, -0.15) is 0 Å². The van der Waals surface area contributed by atoms with Crippen LogP contribution in [0.25, 0.3) is 0 Å². The maximum atomic E-state index is 12.5. The summed E-state index contributed by atoms with van der Waals surface area (Å²) in [6.07, 6.45) is -3.51. The first-order valence-corrected chi connectivity index (χ1v) is 8.18. The van der Waals surface area contributed by atoms with E-state index < -0.39 is 23.4 Å². The van der Waals surface area contributed by atoms with Crippen LogP contribution in [-0.2, 0) is 10.2 Å². The van der Waals surface area contributed by atoms with Crippen LogP contribution in [0.3, 0.4) is 0 Å². The Morgan fingerprint density at radius 2 is 1.83 bits per heavy atom. The van der Waals surface area contributed by atoms with Crippen molar-refractivity contribution in [3.05, 3.63) is 34.8 Å². The summed E-state index contributed by atoms with van der Waals surface area (Å²) in [5.74, 6) is 0.0723. The molecule has 0 fully saturated rings. The molecule has 1 amide bonds. The number of carbonyl (C=O) groups is 1. The van der Waals surface area contributed by atoms with Gasteiger partial charge in [-0.05, 0) is 30.0 Å². The number of hydrogen-bond donors (Lipinski definition) is 1. The molecule has 1 heterocycles. The van der Waals surface area contributed by atoms with Gasteiger partial charge in [-0.3, -0.25) is 10.1 Å². The first-order valence-electron chi connectivity index (χ1n) is 7.36. The average Bonchev–Trinajstić information content (AvgIpc) is 2.95. The highest BCUT2D eigenvalue weighted by atomic mass is 32.1. The van der Waals surface area contributed by atoms with Gasteiger partial charge in [0.1, 0.15) is 5.75 Å². The van der Waals surface area contributed by atoms with Crippen molar-refractivity contribution in [3.63, 3.8) is 0 Å². The van der Waals surface area contributed by atoms with Crippen molar-refractivity contribution in [2.45, 2.75) is 45.6 Å². The van der Waals surface area contributed by atoms with E-state index in [-0.39, 0.29) is 10.5 Å². The van der Waals surface area contributed by atoms with E-state index in [0.717, 1.165) is 5.56 Å². The van der Waals surface area contributed by atoms with Gasteiger partial charge in [0.05, 0.1) is 0 Å². The van der Waals surface area contributed by atoms with E-state index in [9.17, 15) is 13.6 Å². The minimum absolute atomic E-state index is 0.0221. The highest BCUT2D eigenvalue weighted by Gasteiger charge is 2.20. The highest BCUT2D eigenvalue weighted by Crippen LogP contribution is 2.26. The summed E-state index contributed by atoms with van der Waals surface area (Å²) in [5.41, 5.74) is 1.18. The normalized spacial score (nSPS) is 13.0. The third kappa shape index (κ3) is 4.70. The Balaban J connectivity index is 1.95. The first-order chi connectivity index (χ1) is 11.2. The summed E-state index contributed by atoms with van der Waals surface area (Å²) in [5, 5.41) is 8.82. The van der Waals surface area contributed by atoms with Crippen LogP contribution in [-0.4, -0.2) is 22.2 Å². The number of anilines is 1. The standard InChI is InChI=1S/C16H19F2N3O2S/c1-9(13(22)19-15-21-20-14(24-15)12(17)18)23-11-7-5-10(6-8-11)16(2,3)4/h5-9,12H,1-4H3,(H,19,21,22). The highest BCUT2D eigenvalue weighted by molar-refractivity contribution is 7.15. The lowest BCUT2D eigenvalue weighted by atomic mass is 9.87. The topological polar surface area (TPSA) is 64.1 Å². The fourth-order valence-electron chi connectivity index (χ4n) is 1.87. The lowest BCUT2D eigenvalue weighted by Gasteiger charge is -2.20. The second-order valence-corrected chi connectivity index (χ2v) is 7.28. The van der Waals surface area contributed by atoms with E-state index in [1.165, 1.54) is 0 Å². The van der Waals surface area contributed by atoms with Gasteiger partial charge >= 0.3 is 0 Å². The Morgan fingerprint density at radius 1 is 1.21 bits per heavy atom. The summed E-state index contributed by atoms with van der Waals surface area (Å²) < 4.78 is 30.5. The summed E-state index contributed by atoms with van der Waals surface area (Å²) >= 11 is 0.638. The molecule has 0 bridgehead atoms. The molecule has 0 saturated carbocycles. The summed E-state index contributed by atoms with van der Waals surface area (Å²) in [4.78, 5) is 12.0. The maximum absolute atomic E-state index is 12.5. The summed E-state index contributed by atoms with van der Waals surface area (Å²) in [6.45, 7) is 7.89. The number of alkyl halides is 2. The number of benzene rings is 1. The number of carbonyl (C=O) groups excluding carboxylic acids is 1. The maximum Gasteiger partial charge on any atom is 0.291 e. The van der Waals surface area contributed by atoms with E-state index in [0.29, 0.717) is 17.1 Å². The van der Waals surface area contributed by atoms with Crippen LogP contribution < -0.4 is 10.1 Å². The molecule has 0 aliphatic heterocycles. The average molecular weight is 355 g/mol. The Kier molecular flexibility index (Phi) is 5.48. The number of hydrogen-bond acceptors (Lipinski definition) is 5. The molecule has 1 atom stereocenters. The molecule has 1 aromatic heterocycles. The second-order valence-electron chi connectivity index (χ2n) is 6.27. The molecule has 0 aliphatic rings. The van der Waals surface area contributed by atoms with Gasteiger partial charge in [0.25, 0.3) is 12.3 Å². The number of nitrogens with one attached hydrogen (secondary N) is 1. The largest absolute Gasteiger partial charge is 0.481 e. The molecule has 0 radical (unpaired) electrons. The lowest BCUT2D eigenvalue weighted by molar-refractivity contribution is -0.122. The first kappa shape index (κ1) is 18.3. The number of amides is 1. The van der Waals surface area contributed by atoms with Gasteiger partial charge in [-0.25, -0.2) is 8.78 Å². The van der Waals surface area contributed by atoms with E-state index >= 15 is 0 Å². The number of nitrogens with zero attached hydrogens (tertiary/aromatic N) is 2. The Labute approximate surface area is 143 Å². The van der Waals surface area contributed by atoms with Gasteiger partial charge in [-0.15, -0.1) is 10.2 Å². The van der Waals surface area contributed by atoms with Gasteiger partial charge in [-0.1, -0.05) is 44.2 Å². The zero-order valence-corrected chi connectivity index (χ0v) is 14.7. The second kappa shape index (κ2) is 7.21. The van der Waals surface area contributed by atoms with Crippen molar-refractivity contribution >= 4 is 22.4 Å². The monoisotopic (exact) mass is 355 g/mol. The van der Waals surface area contributed by atoms with Crippen molar-refractivity contribution in [1.29, 1.82) is 0 Å². The number of aromatic nitrogens is 2. The van der Waals surface area contributed by atoms with E-state index in [1.807, 2.05) is 12.1 Å². The van der Waals surface area contributed by atoms with Crippen molar-refractivity contribution in [2.24, 2.45) is 0 Å². The van der Waals surface area contributed by atoms with Crippen LogP contribution in [0.15, 0.2) is 24.3 Å². The van der Waals surface area contributed by atoms with E-state index in [2.05, 4.69) is 36.3 Å². The zero-order valence-electron chi connectivity index (χ0n) is 13.8. The fourth-order valence-corrected chi connectivity index (χ4v) is 2.47. The molecule has 1 aromatic carbocycles. The van der Waals surface area contributed by atoms with Crippen LogP contribution in [0.2, 0.25) is 0 Å². The van der Waals surface area contributed by atoms with Gasteiger partial charge in [0.15, 0.2) is 11.1 Å². The quantitative estimate of drug-likeness (QED) is 0.874. The van der Waals surface area contributed by atoms with Crippen molar-refractivity contribution < 1.29 is 18.3 Å².